The fourth-order valence-electron chi connectivity index (χ4n) is 3.27. The zero-order valence-corrected chi connectivity index (χ0v) is 15.8. The van der Waals surface area contributed by atoms with Gasteiger partial charge < -0.3 is 9.84 Å². The van der Waals surface area contributed by atoms with Crippen LogP contribution < -0.4 is 4.74 Å². The molecule has 0 saturated carbocycles. The van der Waals surface area contributed by atoms with E-state index in [1.807, 2.05) is 30.3 Å². The van der Waals surface area contributed by atoms with E-state index < -0.39 is 12.3 Å². The number of aromatic nitrogens is 2. The van der Waals surface area contributed by atoms with Crippen molar-refractivity contribution in [2.24, 2.45) is 0 Å². The third-order valence-corrected chi connectivity index (χ3v) is 4.93. The quantitative estimate of drug-likeness (QED) is 0.515. The van der Waals surface area contributed by atoms with E-state index in [0.717, 1.165) is 16.6 Å². The van der Waals surface area contributed by atoms with E-state index in [-0.39, 0.29) is 12.4 Å². The number of alkyl halides is 1. The molecule has 148 valence electrons. The minimum absolute atomic E-state index is 0.297. The molecule has 0 saturated heterocycles. The molecule has 4 rings (SSSR count). The Balaban J connectivity index is 1.62. The topological polar surface area (TPSA) is 47.3 Å². The number of para-hydroxylation sites is 1. The molecule has 4 nitrogen and oxygen atoms in total. The molecule has 1 unspecified atom stereocenters. The van der Waals surface area contributed by atoms with Crippen LogP contribution in [0.2, 0.25) is 0 Å². The van der Waals surface area contributed by atoms with Gasteiger partial charge in [0.15, 0.2) is 5.60 Å². The molecule has 1 N–H and O–H groups in total. The maximum Gasteiger partial charge on any atom is 0.152 e. The molecule has 29 heavy (non-hydrogen) atoms. The smallest absolute Gasteiger partial charge is 0.152 e. The molecule has 1 heterocycles. The van der Waals surface area contributed by atoms with Gasteiger partial charge in [0.2, 0.25) is 0 Å². The Morgan fingerprint density at radius 1 is 1.07 bits per heavy atom. The van der Waals surface area contributed by atoms with Crippen LogP contribution in [-0.4, -0.2) is 28.2 Å². The monoisotopic (exact) mass is 394 g/mol. The highest BCUT2D eigenvalue weighted by Gasteiger charge is 2.31. The van der Waals surface area contributed by atoms with Crippen LogP contribution in [0.5, 0.6) is 5.75 Å². The van der Waals surface area contributed by atoms with Gasteiger partial charge in [-0.15, -0.1) is 0 Å². The molecular weight excluding hydrogens is 374 g/mol. The highest BCUT2D eigenvalue weighted by Crippen LogP contribution is 2.29. The average molecular weight is 394 g/mol. The van der Waals surface area contributed by atoms with Crippen molar-refractivity contribution in [1.82, 2.24) is 9.78 Å². The number of aliphatic hydroxyl groups is 1. The molecule has 0 fully saturated rings. The number of aryl methyl sites for hydroxylation is 1. The molecule has 0 radical (unpaired) electrons. The van der Waals surface area contributed by atoms with Gasteiger partial charge in [-0.05, 0) is 60.5 Å². The van der Waals surface area contributed by atoms with Crippen LogP contribution in [0.1, 0.15) is 11.1 Å². The Morgan fingerprint density at radius 3 is 2.59 bits per heavy atom. The summed E-state index contributed by atoms with van der Waals surface area (Å²) in [6.07, 6.45) is 1.68. The number of fused-ring (bicyclic) bond motifs is 1. The van der Waals surface area contributed by atoms with E-state index in [1.165, 1.54) is 18.2 Å². The Bertz CT molecular complexity index is 1140. The van der Waals surface area contributed by atoms with Gasteiger partial charge in [0, 0.05) is 5.39 Å². The summed E-state index contributed by atoms with van der Waals surface area (Å²) in [5, 5.41) is 16.1. The van der Waals surface area contributed by atoms with E-state index >= 15 is 0 Å². The van der Waals surface area contributed by atoms with E-state index in [9.17, 15) is 13.9 Å². The molecule has 1 aromatic heterocycles. The molecule has 6 heteroatoms. The molecule has 0 bridgehead atoms. The van der Waals surface area contributed by atoms with Crippen molar-refractivity contribution in [2.45, 2.75) is 12.5 Å². The van der Waals surface area contributed by atoms with Gasteiger partial charge in [-0.3, -0.25) is 0 Å². The van der Waals surface area contributed by atoms with Crippen molar-refractivity contribution < 1.29 is 18.6 Å². The zero-order chi connectivity index (χ0) is 20.4. The predicted molar refractivity (Wildman–Crippen MR) is 108 cm³/mol. The Labute approximate surface area is 167 Å². The molecular formula is C23H20F2N2O2. The van der Waals surface area contributed by atoms with Crippen molar-refractivity contribution in [3.05, 3.63) is 89.9 Å². The first-order valence-corrected chi connectivity index (χ1v) is 9.21. The highest BCUT2D eigenvalue weighted by molar-refractivity contribution is 5.81. The number of rotatable bonds is 6. The number of hydrogen-bond donors (Lipinski definition) is 1. The van der Waals surface area contributed by atoms with Crippen molar-refractivity contribution in [2.75, 3.05) is 13.3 Å². The minimum atomic E-state index is -1.83. The first-order valence-electron chi connectivity index (χ1n) is 9.21. The summed E-state index contributed by atoms with van der Waals surface area (Å²) in [5.74, 6) is 0.0210. The number of hydrogen-bond acceptors (Lipinski definition) is 3. The lowest BCUT2D eigenvalue weighted by atomic mass is 9.95. The van der Waals surface area contributed by atoms with E-state index in [4.69, 9.17) is 4.74 Å². The highest BCUT2D eigenvalue weighted by atomic mass is 19.1. The number of ether oxygens (including phenoxy) is 1. The van der Waals surface area contributed by atoms with Gasteiger partial charge >= 0.3 is 0 Å². The maximum atomic E-state index is 13.9. The number of benzene rings is 3. The summed E-state index contributed by atoms with van der Waals surface area (Å²) in [5.41, 5.74) is 0.886. The molecule has 1 atom stereocenters. The van der Waals surface area contributed by atoms with Crippen molar-refractivity contribution >= 4 is 10.9 Å². The second-order valence-electron chi connectivity index (χ2n) is 7.03. The van der Waals surface area contributed by atoms with Crippen LogP contribution in [0.15, 0.2) is 72.9 Å². The third kappa shape index (κ3) is 3.71. The van der Waals surface area contributed by atoms with Crippen LogP contribution in [0.4, 0.5) is 8.78 Å². The molecule has 0 aliphatic heterocycles. The number of halogens is 2. The van der Waals surface area contributed by atoms with Crippen LogP contribution in [-0.2, 0) is 5.60 Å². The van der Waals surface area contributed by atoms with E-state index in [1.54, 1.807) is 36.0 Å². The standard InChI is InChI=1S/C23H20F2N2O2/c1-16-11-19(25)8-10-22(16)29-15-23(28,14-24)18-7-9-21-17(12-18)13-26-27(21)20-5-3-2-4-6-20/h2-13,28H,14-15H2,1H3. The summed E-state index contributed by atoms with van der Waals surface area (Å²) in [6.45, 7) is 0.372. The maximum absolute atomic E-state index is 13.9. The van der Waals surface area contributed by atoms with Crippen LogP contribution >= 0.6 is 0 Å². The molecule has 0 aliphatic rings. The van der Waals surface area contributed by atoms with E-state index in [2.05, 4.69) is 5.10 Å². The summed E-state index contributed by atoms with van der Waals surface area (Å²) in [6, 6.07) is 18.9. The Morgan fingerprint density at radius 2 is 1.86 bits per heavy atom. The lowest BCUT2D eigenvalue weighted by molar-refractivity contribution is -0.0291. The second-order valence-corrected chi connectivity index (χ2v) is 7.03. The average Bonchev–Trinajstić information content (AvgIpc) is 3.17. The predicted octanol–water partition coefficient (Wildman–Crippen LogP) is 4.71. The Hall–Kier alpha value is -3.25. The first kappa shape index (κ1) is 19.1. The molecule has 3 aromatic carbocycles. The van der Waals surface area contributed by atoms with Crippen LogP contribution in [0.25, 0.3) is 16.6 Å². The lowest BCUT2D eigenvalue weighted by Gasteiger charge is -2.26. The summed E-state index contributed by atoms with van der Waals surface area (Å²) < 4.78 is 34.5. The third-order valence-electron chi connectivity index (χ3n) is 4.93. The number of nitrogens with zero attached hydrogens (tertiary/aromatic N) is 2. The van der Waals surface area contributed by atoms with Crippen LogP contribution in [0, 0.1) is 12.7 Å². The van der Waals surface area contributed by atoms with Gasteiger partial charge in [-0.25, -0.2) is 13.5 Å². The molecule has 0 aliphatic carbocycles. The summed E-state index contributed by atoms with van der Waals surface area (Å²) in [4.78, 5) is 0. The molecule has 0 amide bonds. The Kier molecular flexibility index (Phi) is 5.03. The zero-order valence-electron chi connectivity index (χ0n) is 15.8. The van der Waals surface area contributed by atoms with Gasteiger partial charge in [0.05, 0.1) is 17.4 Å². The normalized spacial score (nSPS) is 13.4. The fourth-order valence-corrected chi connectivity index (χ4v) is 3.27. The largest absolute Gasteiger partial charge is 0.490 e. The summed E-state index contributed by atoms with van der Waals surface area (Å²) >= 11 is 0. The summed E-state index contributed by atoms with van der Waals surface area (Å²) in [7, 11) is 0. The van der Waals surface area contributed by atoms with Crippen molar-refractivity contribution in [3.8, 4) is 11.4 Å². The van der Waals surface area contributed by atoms with Gasteiger partial charge in [-0.1, -0.05) is 24.3 Å². The second kappa shape index (κ2) is 7.64. The molecule has 0 spiro atoms. The van der Waals surface area contributed by atoms with Crippen molar-refractivity contribution in [3.63, 3.8) is 0 Å². The van der Waals surface area contributed by atoms with Gasteiger partial charge in [0.25, 0.3) is 0 Å². The van der Waals surface area contributed by atoms with E-state index in [0.29, 0.717) is 16.9 Å². The lowest BCUT2D eigenvalue weighted by Crippen LogP contribution is -2.35. The van der Waals surface area contributed by atoms with Gasteiger partial charge in [-0.2, -0.15) is 5.10 Å². The van der Waals surface area contributed by atoms with Gasteiger partial charge in [0.1, 0.15) is 24.8 Å². The van der Waals surface area contributed by atoms with Crippen molar-refractivity contribution in [1.29, 1.82) is 0 Å². The SMILES string of the molecule is Cc1cc(F)ccc1OCC(O)(CF)c1ccc2c(cnn2-c2ccccc2)c1. The molecule has 4 aromatic rings. The first-order chi connectivity index (χ1) is 14.0. The van der Waals surface area contributed by atoms with Crippen LogP contribution in [0.3, 0.4) is 0 Å². The minimum Gasteiger partial charge on any atom is -0.490 e. The fraction of sp³-hybridized carbons (Fsp3) is 0.174.